The SMILES string of the molecule is COC(=O)c1cccc(O)c1.C[C@H]1CC1Oc1cccc(CCl)c1. The van der Waals surface area contributed by atoms with Gasteiger partial charge in [-0.1, -0.05) is 25.1 Å². The molecular formula is C19H21ClO4. The lowest BCUT2D eigenvalue weighted by Crippen LogP contribution is -1.99. The first-order valence-electron chi connectivity index (χ1n) is 7.72. The van der Waals surface area contributed by atoms with Crippen LogP contribution in [0.3, 0.4) is 0 Å². The predicted octanol–water partition coefficient (Wildman–Crippen LogP) is 4.39. The Morgan fingerprint density at radius 3 is 2.54 bits per heavy atom. The van der Waals surface area contributed by atoms with Crippen LogP contribution in [-0.2, 0) is 10.6 Å². The maximum atomic E-state index is 10.8. The number of ether oxygens (including phenoxy) is 2. The monoisotopic (exact) mass is 348 g/mol. The third-order valence-electron chi connectivity index (χ3n) is 3.64. The Kier molecular flexibility index (Phi) is 6.50. The molecule has 0 amide bonds. The fraction of sp³-hybridized carbons (Fsp3) is 0.316. The maximum Gasteiger partial charge on any atom is 0.337 e. The van der Waals surface area contributed by atoms with Crippen molar-refractivity contribution in [3.05, 3.63) is 59.7 Å². The molecule has 2 aromatic rings. The summed E-state index contributed by atoms with van der Waals surface area (Å²) in [5.41, 5.74) is 1.47. The molecule has 2 atom stereocenters. The van der Waals surface area contributed by atoms with E-state index in [1.807, 2.05) is 24.3 Å². The van der Waals surface area contributed by atoms with E-state index in [-0.39, 0.29) is 5.75 Å². The molecule has 0 radical (unpaired) electrons. The maximum absolute atomic E-state index is 10.8. The summed E-state index contributed by atoms with van der Waals surface area (Å²) >= 11 is 5.72. The van der Waals surface area contributed by atoms with E-state index < -0.39 is 5.97 Å². The summed E-state index contributed by atoms with van der Waals surface area (Å²) in [6.45, 7) is 2.20. The Morgan fingerprint density at radius 2 is 1.96 bits per heavy atom. The first-order chi connectivity index (χ1) is 11.5. The largest absolute Gasteiger partial charge is 0.508 e. The van der Waals surface area contributed by atoms with Gasteiger partial charge in [-0.25, -0.2) is 4.79 Å². The number of phenols is 1. The van der Waals surface area contributed by atoms with Crippen molar-refractivity contribution in [1.82, 2.24) is 0 Å². The van der Waals surface area contributed by atoms with Crippen molar-refractivity contribution in [3.8, 4) is 11.5 Å². The lowest BCUT2D eigenvalue weighted by atomic mass is 10.2. The van der Waals surface area contributed by atoms with Crippen molar-refractivity contribution in [2.75, 3.05) is 7.11 Å². The highest BCUT2D eigenvalue weighted by atomic mass is 35.5. The van der Waals surface area contributed by atoms with Crippen LogP contribution in [-0.4, -0.2) is 24.3 Å². The minimum Gasteiger partial charge on any atom is -0.508 e. The number of aromatic hydroxyl groups is 1. The Labute approximate surface area is 147 Å². The normalized spacial score (nSPS) is 18.1. The molecular weight excluding hydrogens is 328 g/mol. The molecule has 1 saturated carbocycles. The second-order valence-corrected chi connectivity index (χ2v) is 5.96. The van der Waals surface area contributed by atoms with Crippen LogP contribution < -0.4 is 4.74 Å². The van der Waals surface area contributed by atoms with Crippen molar-refractivity contribution in [3.63, 3.8) is 0 Å². The second-order valence-electron chi connectivity index (χ2n) is 5.69. The van der Waals surface area contributed by atoms with Gasteiger partial charge in [0, 0.05) is 5.88 Å². The molecule has 0 aromatic heterocycles. The molecule has 4 nitrogen and oxygen atoms in total. The van der Waals surface area contributed by atoms with Crippen LogP contribution in [0.1, 0.15) is 29.3 Å². The zero-order valence-electron chi connectivity index (χ0n) is 13.7. The number of esters is 1. The highest BCUT2D eigenvalue weighted by Crippen LogP contribution is 2.34. The molecule has 0 heterocycles. The molecule has 1 aliphatic carbocycles. The molecule has 0 aliphatic heterocycles. The Morgan fingerprint density at radius 1 is 1.25 bits per heavy atom. The van der Waals surface area contributed by atoms with Gasteiger partial charge in [-0.15, -0.1) is 11.6 Å². The molecule has 0 bridgehead atoms. The number of methoxy groups -OCH3 is 1. The first kappa shape index (κ1) is 18.1. The van der Waals surface area contributed by atoms with Crippen molar-refractivity contribution >= 4 is 17.6 Å². The van der Waals surface area contributed by atoms with Crippen LogP contribution in [0, 0.1) is 5.92 Å². The van der Waals surface area contributed by atoms with E-state index >= 15 is 0 Å². The molecule has 0 saturated heterocycles. The molecule has 1 fully saturated rings. The highest BCUT2D eigenvalue weighted by molar-refractivity contribution is 6.17. The molecule has 3 rings (SSSR count). The van der Waals surface area contributed by atoms with E-state index in [0.29, 0.717) is 17.5 Å². The van der Waals surface area contributed by atoms with Gasteiger partial charge >= 0.3 is 5.97 Å². The summed E-state index contributed by atoms with van der Waals surface area (Å²) in [5.74, 6) is 1.85. The van der Waals surface area contributed by atoms with Gasteiger partial charge in [-0.3, -0.25) is 0 Å². The van der Waals surface area contributed by atoms with Crippen LogP contribution in [0.15, 0.2) is 48.5 Å². The molecule has 24 heavy (non-hydrogen) atoms. The second kappa shape index (κ2) is 8.60. The first-order valence-corrected chi connectivity index (χ1v) is 8.26. The number of alkyl halides is 1. The fourth-order valence-corrected chi connectivity index (χ4v) is 2.25. The summed E-state index contributed by atoms with van der Waals surface area (Å²) in [6.07, 6.45) is 1.62. The van der Waals surface area contributed by atoms with Gasteiger partial charge in [0.2, 0.25) is 0 Å². The third kappa shape index (κ3) is 5.46. The van der Waals surface area contributed by atoms with Crippen LogP contribution in [0.2, 0.25) is 0 Å². The topological polar surface area (TPSA) is 55.8 Å². The van der Waals surface area contributed by atoms with Gasteiger partial charge in [-0.2, -0.15) is 0 Å². The average Bonchev–Trinajstić information content (AvgIpc) is 3.29. The molecule has 1 unspecified atom stereocenters. The van der Waals surface area contributed by atoms with Gasteiger partial charge in [0.15, 0.2) is 0 Å². The lowest BCUT2D eigenvalue weighted by Gasteiger charge is -2.05. The summed E-state index contributed by atoms with van der Waals surface area (Å²) in [5, 5.41) is 8.95. The third-order valence-corrected chi connectivity index (χ3v) is 3.95. The summed E-state index contributed by atoms with van der Waals surface area (Å²) in [6, 6.07) is 14.0. The average molecular weight is 349 g/mol. The predicted molar refractivity (Wildman–Crippen MR) is 93.6 cm³/mol. The lowest BCUT2D eigenvalue weighted by molar-refractivity contribution is 0.0600. The van der Waals surface area contributed by atoms with Gasteiger partial charge in [-0.05, 0) is 48.2 Å². The van der Waals surface area contributed by atoms with E-state index in [2.05, 4.69) is 11.7 Å². The summed E-state index contributed by atoms with van der Waals surface area (Å²) in [4.78, 5) is 10.8. The summed E-state index contributed by atoms with van der Waals surface area (Å²) < 4.78 is 10.2. The molecule has 128 valence electrons. The molecule has 0 spiro atoms. The zero-order chi connectivity index (χ0) is 17.5. The van der Waals surface area contributed by atoms with E-state index in [4.69, 9.17) is 21.4 Å². The molecule has 1 N–H and O–H groups in total. The zero-order valence-corrected chi connectivity index (χ0v) is 14.5. The van der Waals surface area contributed by atoms with Crippen LogP contribution in [0.5, 0.6) is 11.5 Å². The van der Waals surface area contributed by atoms with E-state index in [1.165, 1.54) is 25.7 Å². The van der Waals surface area contributed by atoms with Crippen molar-refractivity contribution in [2.45, 2.75) is 25.3 Å². The smallest absolute Gasteiger partial charge is 0.337 e. The van der Waals surface area contributed by atoms with Crippen molar-refractivity contribution < 1.29 is 19.4 Å². The Balaban J connectivity index is 0.000000177. The Bertz CT molecular complexity index is 687. The number of benzene rings is 2. The number of hydrogen-bond acceptors (Lipinski definition) is 4. The summed E-state index contributed by atoms with van der Waals surface area (Å²) in [7, 11) is 1.30. The van der Waals surface area contributed by atoms with Gasteiger partial charge in [0.05, 0.1) is 12.7 Å². The minimum atomic E-state index is -0.444. The standard InChI is InChI=1S/C11H13ClO.C8H8O3/c1-8-5-11(8)13-10-4-2-3-9(6-10)7-12;1-11-8(10)6-3-2-4-7(9)5-6/h2-4,6,8,11H,5,7H2,1H3;2-5,9H,1H3/t8-,11?;/m0./s1. The van der Waals surface area contributed by atoms with E-state index in [9.17, 15) is 4.79 Å². The van der Waals surface area contributed by atoms with Gasteiger partial charge in [0.1, 0.15) is 17.6 Å². The number of phenolic OH excluding ortho intramolecular Hbond substituents is 1. The van der Waals surface area contributed by atoms with E-state index in [1.54, 1.807) is 12.1 Å². The molecule has 2 aromatic carbocycles. The van der Waals surface area contributed by atoms with Crippen LogP contribution in [0.4, 0.5) is 0 Å². The number of halogens is 1. The van der Waals surface area contributed by atoms with Gasteiger partial charge < -0.3 is 14.6 Å². The van der Waals surface area contributed by atoms with Crippen LogP contribution >= 0.6 is 11.6 Å². The Hall–Kier alpha value is -2.20. The van der Waals surface area contributed by atoms with Crippen LogP contribution in [0.25, 0.3) is 0 Å². The van der Waals surface area contributed by atoms with Crippen molar-refractivity contribution in [1.29, 1.82) is 0 Å². The highest BCUT2D eigenvalue weighted by Gasteiger charge is 2.34. The number of carbonyl (C=O) groups is 1. The van der Waals surface area contributed by atoms with Gasteiger partial charge in [0.25, 0.3) is 0 Å². The quantitative estimate of drug-likeness (QED) is 0.657. The fourth-order valence-electron chi connectivity index (χ4n) is 2.08. The number of hydrogen-bond donors (Lipinski definition) is 1. The van der Waals surface area contributed by atoms with Crippen molar-refractivity contribution in [2.24, 2.45) is 5.92 Å². The molecule has 1 aliphatic rings. The molecule has 5 heteroatoms. The van der Waals surface area contributed by atoms with E-state index in [0.717, 1.165) is 17.2 Å². The number of rotatable bonds is 4. The number of carbonyl (C=O) groups excluding carboxylic acids is 1. The minimum absolute atomic E-state index is 0.0629.